The molecule has 0 aliphatic rings. The SMILES string of the molecule is COc1cc2nccc(-c3ccccc3NC(C)=O)c2cc1OC. The lowest BCUT2D eigenvalue weighted by atomic mass is 9.99. The Bertz CT molecular complexity index is 906. The van der Waals surface area contributed by atoms with E-state index >= 15 is 0 Å². The van der Waals surface area contributed by atoms with Crippen molar-refractivity contribution in [1.82, 2.24) is 4.98 Å². The van der Waals surface area contributed by atoms with Gasteiger partial charge in [-0.25, -0.2) is 0 Å². The molecule has 2 aromatic carbocycles. The van der Waals surface area contributed by atoms with Crippen LogP contribution in [-0.2, 0) is 4.79 Å². The van der Waals surface area contributed by atoms with Gasteiger partial charge in [-0.3, -0.25) is 9.78 Å². The quantitative estimate of drug-likeness (QED) is 0.792. The van der Waals surface area contributed by atoms with E-state index in [1.165, 1.54) is 6.92 Å². The highest BCUT2D eigenvalue weighted by Crippen LogP contribution is 2.38. The lowest BCUT2D eigenvalue weighted by molar-refractivity contribution is -0.114. The van der Waals surface area contributed by atoms with E-state index in [0.29, 0.717) is 11.5 Å². The highest BCUT2D eigenvalue weighted by atomic mass is 16.5. The third kappa shape index (κ3) is 2.88. The van der Waals surface area contributed by atoms with Gasteiger partial charge in [0.2, 0.25) is 5.91 Å². The molecule has 1 N–H and O–H groups in total. The van der Waals surface area contributed by atoms with Crippen LogP contribution in [0.5, 0.6) is 11.5 Å². The fraction of sp³-hybridized carbons (Fsp3) is 0.158. The number of carbonyl (C=O) groups excluding carboxylic acids is 1. The lowest BCUT2D eigenvalue weighted by Gasteiger charge is -2.14. The number of benzene rings is 2. The fourth-order valence-corrected chi connectivity index (χ4v) is 2.72. The second kappa shape index (κ2) is 6.58. The molecule has 5 nitrogen and oxygen atoms in total. The first-order valence-electron chi connectivity index (χ1n) is 7.51. The number of anilines is 1. The first kappa shape index (κ1) is 15.8. The number of pyridine rings is 1. The molecule has 0 fully saturated rings. The van der Waals surface area contributed by atoms with Crippen molar-refractivity contribution in [3.8, 4) is 22.6 Å². The summed E-state index contributed by atoms with van der Waals surface area (Å²) in [6.07, 6.45) is 1.74. The number of hydrogen-bond acceptors (Lipinski definition) is 4. The Balaban J connectivity index is 2.26. The van der Waals surface area contributed by atoms with E-state index in [9.17, 15) is 4.79 Å². The van der Waals surface area contributed by atoms with Gasteiger partial charge in [0, 0.05) is 35.8 Å². The van der Waals surface area contributed by atoms with E-state index in [1.54, 1.807) is 20.4 Å². The van der Waals surface area contributed by atoms with Crippen molar-refractivity contribution in [3.63, 3.8) is 0 Å². The van der Waals surface area contributed by atoms with E-state index in [4.69, 9.17) is 9.47 Å². The topological polar surface area (TPSA) is 60.5 Å². The van der Waals surface area contributed by atoms with E-state index < -0.39 is 0 Å². The molecule has 1 aromatic heterocycles. The number of amides is 1. The van der Waals surface area contributed by atoms with E-state index in [0.717, 1.165) is 27.7 Å². The number of rotatable bonds is 4. The summed E-state index contributed by atoms with van der Waals surface area (Å²) in [7, 11) is 3.20. The largest absolute Gasteiger partial charge is 0.493 e. The Morgan fingerprint density at radius 1 is 1.00 bits per heavy atom. The summed E-state index contributed by atoms with van der Waals surface area (Å²) in [5.41, 5.74) is 3.44. The van der Waals surface area contributed by atoms with Crippen LogP contribution in [0.2, 0.25) is 0 Å². The lowest BCUT2D eigenvalue weighted by Crippen LogP contribution is -2.06. The summed E-state index contributed by atoms with van der Waals surface area (Å²) in [6, 6.07) is 13.4. The van der Waals surface area contributed by atoms with Crippen LogP contribution >= 0.6 is 0 Å². The summed E-state index contributed by atoms with van der Waals surface area (Å²) in [5, 5.41) is 3.80. The third-order valence-corrected chi connectivity index (χ3v) is 3.77. The van der Waals surface area contributed by atoms with E-state index in [-0.39, 0.29) is 5.91 Å². The minimum absolute atomic E-state index is 0.111. The molecule has 3 rings (SSSR count). The Kier molecular flexibility index (Phi) is 4.33. The number of carbonyl (C=O) groups is 1. The van der Waals surface area contributed by atoms with Crippen LogP contribution in [0.1, 0.15) is 6.92 Å². The second-order valence-electron chi connectivity index (χ2n) is 5.31. The zero-order chi connectivity index (χ0) is 17.1. The molecule has 0 unspecified atom stereocenters. The normalized spacial score (nSPS) is 10.5. The monoisotopic (exact) mass is 322 g/mol. The zero-order valence-electron chi connectivity index (χ0n) is 13.8. The van der Waals surface area contributed by atoms with Gasteiger partial charge in [-0.05, 0) is 23.8 Å². The van der Waals surface area contributed by atoms with Gasteiger partial charge in [0.25, 0.3) is 0 Å². The zero-order valence-corrected chi connectivity index (χ0v) is 13.8. The highest BCUT2D eigenvalue weighted by Gasteiger charge is 2.13. The standard InChI is InChI=1S/C19H18N2O3/c1-12(22)21-16-7-5-4-6-14(16)13-8-9-20-17-11-19(24-3)18(23-2)10-15(13)17/h4-11H,1-3H3,(H,21,22). The van der Waals surface area contributed by atoms with Crippen LogP contribution in [0.3, 0.4) is 0 Å². The number of nitrogens with one attached hydrogen (secondary N) is 1. The third-order valence-electron chi connectivity index (χ3n) is 3.77. The Morgan fingerprint density at radius 3 is 2.42 bits per heavy atom. The van der Waals surface area contributed by atoms with Gasteiger partial charge in [0.05, 0.1) is 19.7 Å². The number of nitrogens with zero attached hydrogens (tertiary/aromatic N) is 1. The molecule has 0 aliphatic carbocycles. The molecule has 3 aromatic rings. The van der Waals surface area contributed by atoms with E-state index in [1.807, 2.05) is 42.5 Å². The molecular formula is C19H18N2O3. The van der Waals surface area contributed by atoms with Crippen molar-refractivity contribution < 1.29 is 14.3 Å². The van der Waals surface area contributed by atoms with Crippen molar-refractivity contribution in [2.75, 3.05) is 19.5 Å². The minimum Gasteiger partial charge on any atom is -0.493 e. The molecular weight excluding hydrogens is 304 g/mol. The van der Waals surface area contributed by atoms with Crippen molar-refractivity contribution in [1.29, 1.82) is 0 Å². The molecule has 1 heterocycles. The molecule has 24 heavy (non-hydrogen) atoms. The number of hydrogen-bond donors (Lipinski definition) is 1. The molecule has 0 aliphatic heterocycles. The number of fused-ring (bicyclic) bond motifs is 1. The van der Waals surface area contributed by atoms with Crippen LogP contribution in [0, 0.1) is 0 Å². The maximum Gasteiger partial charge on any atom is 0.221 e. The smallest absolute Gasteiger partial charge is 0.221 e. The van der Waals surface area contributed by atoms with Gasteiger partial charge >= 0.3 is 0 Å². The van der Waals surface area contributed by atoms with Gasteiger partial charge in [-0.1, -0.05) is 18.2 Å². The summed E-state index contributed by atoms with van der Waals surface area (Å²) < 4.78 is 10.8. The Labute approximate surface area is 140 Å². The molecule has 0 atom stereocenters. The van der Waals surface area contributed by atoms with Gasteiger partial charge in [-0.15, -0.1) is 0 Å². The number of ether oxygens (including phenoxy) is 2. The predicted octanol–water partition coefficient (Wildman–Crippen LogP) is 3.88. The molecule has 0 saturated carbocycles. The highest BCUT2D eigenvalue weighted by molar-refractivity contribution is 6.02. The maximum absolute atomic E-state index is 11.5. The fourth-order valence-electron chi connectivity index (χ4n) is 2.72. The average molecular weight is 322 g/mol. The predicted molar refractivity (Wildman–Crippen MR) is 94.6 cm³/mol. The van der Waals surface area contributed by atoms with Crippen molar-refractivity contribution in [3.05, 3.63) is 48.7 Å². The molecule has 0 bridgehead atoms. The van der Waals surface area contributed by atoms with Crippen LogP contribution in [0.4, 0.5) is 5.69 Å². The van der Waals surface area contributed by atoms with Gasteiger partial charge in [0.1, 0.15) is 0 Å². The number of aromatic nitrogens is 1. The van der Waals surface area contributed by atoms with Gasteiger partial charge < -0.3 is 14.8 Å². The van der Waals surface area contributed by atoms with Crippen molar-refractivity contribution >= 4 is 22.5 Å². The summed E-state index contributed by atoms with van der Waals surface area (Å²) >= 11 is 0. The molecule has 0 spiro atoms. The Hall–Kier alpha value is -3.08. The van der Waals surface area contributed by atoms with Crippen LogP contribution < -0.4 is 14.8 Å². The maximum atomic E-state index is 11.5. The Morgan fingerprint density at radius 2 is 1.71 bits per heavy atom. The second-order valence-corrected chi connectivity index (χ2v) is 5.31. The van der Waals surface area contributed by atoms with Gasteiger partial charge in [0.15, 0.2) is 11.5 Å². The number of methoxy groups -OCH3 is 2. The molecule has 5 heteroatoms. The van der Waals surface area contributed by atoms with Crippen LogP contribution in [-0.4, -0.2) is 25.1 Å². The van der Waals surface area contributed by atoms with Gasteiger partial charge in [-0.2, -0.15) is 0 Å². The molecule has 0 saturated heterocycles. The summed E-state index contributed by atoms with van der Waals surface area (Å²) in [5.74, 6) is 1.15. The molecule has 0 radical (unpaired) electrons. The van der Waals surface area contributed by atoms with Crippen LogP contribution in [0.25, 0.3) is 22.0 Å². The first-order chi connectivity index (χ1) is 11.6. The van der Waals surface area contributed by atoms with Crippen molar-refractivity contribution in [2.24, 2.45) is 0 Å². The average Bonchev–Trinajstić information content (AvgIpc) is 2.60. The minimum atomic E-state index is -0.111. The number of para-hydroxylation sites is 1. The summed E-state index contributed by atoms with van der Waals surface area (Å²) in [4.78, 5) is 15.9. The molecule has 122 valence electrons. The van der Waals surface area contributed by atoms with E-state index in [2.05, 4.69) is 10.3 Å². The summed E-state index contributed by atoms with van der Waals surface area (Å²) in [6.45, 7) is 1.50. The molecule has 1 amide bonds. The van der Waals surface area contributed by atoms with Crippen molar-refractivity contribution in [2.45, 2.75) is 6.92 Å². The first-order valence-corrected chi connectivity index (χ1v) is 7.51. The van der Waals surface area contributed by atoms with Crippen LogP contribution in [0.15, 0.2) is 48.7 Å².